The zero-order valence-corrected chi connectivity index (χ0v) is 12.9. The largest absolute Gasteiger partial charge is 0.352 e. The van der Waals surface area contributed by atoms with E-state index >= 15 is 0 Å². The van der Waals surface area contributed by atoms with Gasteiger partial charge in [-0.05, 0) is 37.0 Å². The van der Waals surface area contributed by atoms with Crippen molar-refractivity contribution in [3.63, 3.8) is 0 Å². The van der Waals surface area contributed by atoms with Crippen LogP contribution in [0.1, 0.15) is 30.5 Å². The zero-order chi connectivity index (χ0) is 14.5. The van der Waals surface area contributed by atoms with Crippen LogP contribution in [-0.4, -0.2) is 11.5 Å². The lowest BCUT2D eigenvalue weighted by Crippen LogP contribution is -2.27. The van der Waals surface area contributed by atoms with Gasteiger partial charge in [-0.3, -0.25) is 0 Å². The Morgan fingerprint density at radius 3 is 2.15 bits per heavy atom. The van der Waals surface area contributed by atoms with E-state index in [1.807, 2.05) is 6.20 Å². The lowest BCUT2D eigenvalue weighted by Gasteiger charge is -2.26. The topological polar surface area (TPSA) is 16.1 Å². The second-order valence-electron chi connectivity index (χ2n) is 5.95. The maximum absolute atomic E-state index is 4.57. The van der Waals surface area contributed by atoms with Crippen molar-refractivity contribution in [3.05, 3.63) is 59.3 Å². The second-order valence-corrected chi connectivity index (χ2v) is 5.95. The molecule has 0 aliphatic heterocycles. The van der Waals surface area contributed by atoms with Gasteiger partial charge in [0.2, 0.25) is 0 Å². The summed E-state index contributed by atoms with van der Waals surface area (Å²) in [6.45, 7) is 10.6. The number of rotatable bonds is 5. The average Bonchev–Trinajstić information content (AvgIpc) is 2.41. The number of pyridine rings is 1. The SMILES string of the molecule is Cc1ccc(CN(CC(C)C)c2ccc(C)cn2)cc1. The highest BCUT2D eigenvalue weighted by Gasteiger charge is 2.10. The van der Waals surface area contributed by atoms with E-state index in [1.165, 1.54) is 16.7 Å². The molecule has 0 aliphatic carbocycles. The number of aromatic nitrogens is 1. The molecule has 0 saturated heterocycles. The first kappa shape index (κ1) is 14.6. The fraction of sp³-hybridized carbons (Fsp3) is 0.389. The normalized spacial score (nSPS) is 10.8. The molecule has 1 aromatic heterocycles. The van der Waals surface area contributed by atoms with Crippen LogP contribution in [0.2, 0.25) is 0 Å². The molecule has 0 unspecified atom stereocenters. The predicted octanol–water partition coefficient (Wildman–Crippen LogP) is 4.36. The Morgan fingerprint density at radius 1 is 0.950 bits per heavy atom. The van der Waals surface area contributed by atoms with E-state index in [1.54, 1.807) is 0 Å². The number of hydrogen-bond acceptors (Lipinski definition) is 2. The molecule has 0 saturated carbocycles. The van der Waals surface area contributed by atoms with Gasteiger partial charge >= 0.3 is 0 Å². The fourth-order valence-corrected chi connectivity index (χ4v) is 2.24. The lowest BCUT2D eigenvalue weighted by atomic mass is 10.1. The highest BCUT2D eigenvalue weighted by molar-refractivity contribution is 5.40. The quantitative estimate of drug-likeness (QED) is 0.801. The first-order valence-electron chi connectivity index (χ1n) is 7.28. The Hall–Kier alpha value is -1.83. The van der Waals surface area contributed by atoms with Crippen molar-refractivity contribution in [1.29, 1.82) is 0 Å². The summed E-state index contributed by atoms with van der Waals surface area (Å²) >= 11 is 0. The molecule has 0 aliphatic rings. The summed E-state index contributed by atoms with van der Waals surface area (Å²) in [6.07, 6.45) is 1.94. The van der Waals surface area contributed by atoms with Crippen LogP contribution in [0.5, 0.6) is 0 Å². The van der Waals surface area contributed by atoms with Gasteiger partial charge < -0.3 is 4.90 Å². The first-order valence-corrected chi connectivity index (χ1v) is 7.28. The fourth-order valence-electron chi connectivity index (χ4n) is 2.24. The van der Waals surface area contributed by atoms with Crippen LogP contribution in [0.3, 0.4) is 0 Å². The van der Waals surface area contributed by atoms with Crippen molar-refractivity contribution < 1.29 is 0 Å². The molecule has 0 atom stereocenters. The van der Waals surface area contributed by atoms with Gasteiger partial charge in [0, 0.05) is 19.3 Å². The molecule has 2 heteroatoms. The minimum atomic E-state index is 0.614. The van der Waals surface area contributed by atoms with Crippen molar-refractivity contribution in [2.45, 2.75) is 34.2 Å². The Morgan fingerprint density at radius 2 is 1.60 bits per heavy atom. The maximum Gasteiger partial charge on any atom is 0.128 e. The minimum absolute atomic E-state index is 0.614. The van der Waals surface area contributed by atoms with Crippen LogP contribution in [0.25, 0.3) is 0 Å². The molecular formula is C18H24N2. The average molecular weight is 268 g/mol. The molecule has 0 radical (unpaired) electrons. The van der Waals surface area contributed by atoms with Gasteiger partial charge in [0.05, 0.1) is 0 Å². The molecule has 20 heavy (non-hydrogen) atoms. The van der Waals surface area contributed by atoms with Crippen LogP contribution in [-0.2, 0) is 6.54 Å². The Labute approximate surface area is 122 Å². The molecule has 0 amide bonds. The maximum atomic E-state index is 4.57. The number of anilines is 1. The summed E-state index contributed by atoms with van der Waals surface area (Å²) in [5.41, 5.74) is 3.84. The van der Waals surface area contributed by atoms with Crippen LogP contribution >= 0.6 is 0 Å². The van der Waals surface area contributed by atoms with E-state index in [-0.39, 0.29) is 0 Å². The summed E-state index contributed by atoms with van der Waals surface area (Å²) in [6, 6.07) is 13.0. The van der Waals surface area contributed by atoms with E-state index in [2.05, 4.69) is 74.0 Å². The number of aryl methyl sites for hydroxylation is 2. The molecule has 2 rings (SSSR count). The Kier molecular flexibility index (Phi) is 4.78. The monoisotopic (exact) mass is 268 g/mol. The number of hydrogen-bond donors (Lipinski definition) is 0. The van der Waals surface area contributed by atoms with Crippen LogP contribution < -0.4 is 4.90 Å². The van der Waals surface area contributed by atoms with E-state index in [9.17, 15) is 0 Å². The summed E-state index contributed by atoms with van der Waals surface area (Å²) in [5, 5.41) is 0. The van der Waals surface area contributed by atoms with Crippen molar-refractivity contribution in [3.8, 4) is 0 Å². The molecular weight excluding hydrogens is 244 g/mol. The van der Waals surface area contributed by atoms with Crippen molar-refractivity contribution in [2.75, 3.05) is 11.4 Å². The number of nitrogens with zero attached hydrogens (tertiary/aromatic N) is 2. The van der Waals surface area contributed by atoms with Gasteiger partial charge in [0.25, 0.3) is 0 Å². The third-order valence-electron chi connectivity index (χ3n) is 3.30. The van der Waals surface area contributed by atoms with Gasteiger partial charge in [0.1, 0.15) is 5.82 Å². The highest BCUT2D eigenvalue weighted by atomic mass is 15.2. The molecule has 0 N–H and O–H groups in total. The van der Waals surface area contributed by atoms with E-state index in [4.69, 9.17) is 0 Å². The summed E-state index contributed by atoms with van der Waals surface area (Å²) in [5.74, 6) is 1.67. The predicted molar refractivity (Wildman–Crippen MR) is 86.0 cm³/mol. The Bertz CT molecular complexity index is 526. The minimum Gasteiger partial charge on any atom is -0.352 e. The molecule has 106 valence electrons. The van der Waals surface area contributed by atoms with E-state index in [0.29, 0.717) is 5.92 Å². The second kappa shape index (κ2) is 6.56. The molecule has 0 spiro atoms. The molecule has 0 fully saturated rings. The molecule has 1 heterocycles. The number of benzene rings is 1. The van der Waals surface area contributed by atoms with Gasteiger partial charge in [-0.1, -0.05) is 49.7 Å². The molecule has 2 nitrogen and oxygen atoms in total. The van der Waals surface area contributed by atoms with Crippen LogP contribution in [0, 0.1) is 19.8 Å². The van der Waals surface area contributed by atoms with Gasteiger partial charge in [-0.25, -0.2) is 4.98 Å². The molecule has 0 bridgehead atoms. The van der Waals surface area contributed by atoms with E-state index < -0.39 is 0 Å². The van der Waals surface area contributed by atoms with Crippen LogP contribution in [0.15, 0.2) is 42.6 Å². The smallest absolute Gasteiger partial charge is 0.128 e. The summed E-state index contributed by atoms with van der Waals surface area (Å²) < 4.78 is 0. The first-order chi connectivity index (χ1) is 9.54. The summed E-state index contributed by atoms with van der Waals surface area (Å²) in [4.78, 5) is 6.93. The molecule has 1 aromatic carbocycles. The third-order valence-corrected chi connectivity index (χ3v) is 3.30. The standard InChI is InChI=1S/C18H24N2/c1-14(2)12-20(18-10-7-16(4)11-19-18)13-17-8-5-15(3)6-9-17/h5-11,14H,12-13H2,1-4H3. The van der Waals surface area contributed by atoms with Gasteiger partial charge in [-0.15, -0.1) is 0 Å². The van der Waals surface area contributed by atoms with Crippen molar-refractivity contribution in [2.24, 2.45) is 5.92 Å². The van der Waals surface area contributed by atoms with Gasteiger partial charge in [-0.2, -0.15) is 0 Å². The van der Waals surface area contributed by atoms with Crippen molar-refractivity contribution in [1.82, 2.24) is 4.98 Å². The highest BCUT2D eigenvalue weighted by Crippen LogP contribution is 2.17. The van der Waals surface area contributed by atoms with Crippen molar-refractivity contribution >= 4 is 5.82 Å². The lowest BCUT2D eigenvalue weighted by molar-refractivity contribution is 0.604. The summed E-state index contributed by atoms with van der Waals surface area (Å²) in [7, 11) is 0. The zero-order valence-electron chi connectivity index (χ0n) is 12.9. The molecule has 2 aromatic rings. The van der Waals surface area contributed by atoms with Crippen LogP contribution in [0.4, 0.5) is 5.82 Å². The third kappa shape index (κ3) is 4.09. The van der Waals surface area contributed by atoms with E-state index in [0.717, 1.165) is 18.9 Å². The Balaban J connectivity index is 2.18. The van der Waals surface area contributed by atoms with Gasteiger partial charge in [0.15, 0.2) is 0 Å².